The van der Waals surface area contributed by atoms with Crippen LogP contribution in [-0.2, 0) is 0 Å². The van der Waals surface area contributed by atoms with E-state index in [2.05, 4.69) is 23.7 Å². The number of hydrogen-bond acceptors (Lipinski definition) is 1. The Kier molecular flexibility index (Phi) is 5.19. The molecule has 0 spiro atoms. The number of benzene rings is 2. The minimum atomic E-state index is -0.302. The van der Waals surface area contributed by atoms with Gasteiger partial charge >= 0.3 is 0 Å². The van der Waals surface area contributed by atoms with Crippen molar-refractivity contribution in [1.29, 1.82) is 0 Å². The number of hydrogen-bond donors (Lipinski definition) is 1. The van der Waals surface area contributed by atoms with Crippen molar-refractivity contribution in [2.45, 2.75) is 32.1 Å². The average molecular weight is 317 g/mol. The van der Waals surface area contributed by atoms with E-state index in [9.17, 15) is 4.39 Å². The highest BCUT2D eigenvalue weighted by Gasteiger charge is 2.10. The quantitative estimate of drug-likeness (QED) is 0.551. The van der Waals surface area contributed by atoms with E-state index in [4.69, 9.17) is 5.73 Å². The molecule has 24 heavy (non-hydrogen) atoms. The molecule has 0 amide bonds. The van der Waals surface area contributed by atoms with Gasteiger partial charge < -0.3 is 5.73 Å². The maximum Gasteiger partial charge on any atom is 0.124 e. The van der Waals surface area contributed by atoms with E-state index in [1.54, 1.807) is 12.1 Å². The van der Waals surface area contributed by atoms with Gasteiger partial charge in [-0.1, -0.05) is 55.1 Å². The van der Waals surface area contributed by atoms with Crippen LogP contribution in [0.3, 0.4) is 0 Å². The molecule has 0 radical (unpaired) electrons. The average Bonchev–Trinajstić information content (AvgIpc) is 2.61. The zero-order chi connectivity index (χ0) is 16.8. The van der Waals surface area contributed by atoms with Gasteiger partial charge in [0, 0.05) is 28.3 Å². The molecule has 0 saturated heterocycles. The van der Waals surface area contributed by atoms with Crippen molar-refractivity contribution >= 4 is 5.69 Å². The highest BCUT2D eigenvalue weighted by atomic mass is 19.1. The summed E-state index contributed by atoms with van der Waals surface area (Å²) in [6.45, 7) is 0. The third-order valence-corrected chi connectivity index (χ3v) is 4.29. The molecular weight excluding hydrogens is 297 g/mol. The van der Waals surface area contributed by atoms with Crippen molar-refractivity contribution < 1.29 is 4.39 Å². The summed E-state index contributed by atoms with van der Waals surface area (Å²) in [7, 11) is 0. The topological polar surface area (TPSA) is 26.0 Å². The molecule has 1 aliphatic carbocycles. The summed E-state index contributed by atoms with van der Waals surface area (Å²) in [5.74, 6) is 12.8. The number of rotatable bonds is 0. The maximum absolute atomic E-state index is 13.6. The number of anilines is 1. The van der Waals surface area contributed by atoms with Gasteiger partial charge in [0.25, 0.3) is 0 Å². The number of halogens is 1. The first-order valence-corrected chi connectivity index (χ1v) is 8.40. The van der Waals surface area contributed by atoms with E-state index in [1.165, 1.54) is 31.4 Å². The predicted octanol–water partition coefficient (Wildman–Crippen LogP) is 4.74. The van der Waals surface area contributed by atoms with E-state index < -0.39 is 0 Å². The Morgan fingerprint density at radius 2 is 1.58 bits per heavy atom. The van der Waals surface area contributed by atoms with Gasteiger partial charge in [-0.2, -0.15) is 0 Å². The van der Waals surface area contributed by atoms with Crippen LogP contribution in [0.2, 0.25) is 0 Å². The van der Waals surface area contributed by atoms with Gasteiger partial charge in [0.05, 0.1) is 0 Å². The summed E-state index contributed by atoms with van der Waals surface area (Å²) >= 11 is 0. The lowest BCUT2D eigenvalue weighted by atomic mass is 9.89. The van der Waals surface area contributed by atoms with Gasteiger partial charge in [0.1, 0.15) is 5.82 Å². The molecule has 0 aromatic heterocycles. The molecule has 2 aromatic carbocycles. The summed E-state index contributed by atoms with van der Waals surface area (Å²) in [4.78, 5) is 0. The summed E-state index contributed by atoms with van der Waals surface area (Å²) in [6, 6.07) is 12.0. The molecule has 2 heteroatoms. The lowest BCUT2D eigenvalue weighted by molar-refractivity contribution is 0.430. The largest absolute Gasteiger partial charge is 0.398 e. The van der Waals surface area contributed by atoms with Crippen LogP contribution in [0.4, 0.5) is 10.1 Å². The Morgan fingerprint density at radius 3 is 2.38 bits per heavy atom. The summed E-state index contributed by atoms with van der Waals surface area (Å²) in [6.07, 6.45) is 6.14. The molecule has 1 nitrogen and oxygen atoms in total. The van der Waals surface area contributed by atoms with Crippen LogP contribution in [0.5, 0.6) is 0 Å². The van der Waals surface area contributed by atoms with Crippen molar-refractivity contribution in [2.75, 3.05) is 5.73 Å². The van der Waals surface area contributed by atoms with E-state index in [0.29, 0.717) is 17.2 Å². The molecule has 1 aliphatic rings. The first-order valence-electron chi connectivity index (χ1n) is 8.40. The van der Waals surface area contributed by atoms with Crippen LogP contribution in [0, 0.1) is 35.4 Å². The lowest BCUT2D eigenvalue weighted by Gasteiger charge is -2.15. The minimum absolute atomic E-state index is 0.302. The Balaban J connectivity index is 1.89. The van der Waals surface area contributed by atoms with Gasteiger partial charge in [-0.3, -0.25) is 0 Å². The molecule has 120 valence electrons. The molecule has 1 fully saturated rings. The minimum Gasteiger partial charge on any atom is -0.398 e. The molecule has 0 unspecified atom stereocenters. The van der Waals surface area contributed by atoms with Crippen molar-refractivity contribution in [1.82, 2.24) is 0 Å². The zero-order valence-electron chi connectivity index (χ0n) is 13.6. The molecular formula is C22H20FN. The smallest absolute Gasteiger partial charge is 0.124 e. The van der Waals surface area contributed by atoms with Crippen molar-refractivity contribution in [3.05, 3.63) is 65.0 Å². The Hall–Kier alpha value is -2.71. The lowest BCUT2D eigenvalue weighted by Crippen LogP contribution is -2.03. The van der Waals surface area contributed by atoms with Crippen molar-refractivity contribution in [2.24, 2.45) is 5.92 Å². The Labute approximate surface area is 143 Å². The third-order valence-electron chi connectivity index (χ3n) is 4.29. The number of nitrogen functional groups attached to an aromatic ring is 1. The first kappa shape index (κ1) is 16.2. The van der Waals surface area contributed by atoms with E-state index in [-0.39, 0.29) is 5.82 Å². The highest BCUT2D eigenvalue weighted by Crippen LogP contribution is 2.23. The third kappa shape index (κ3) is 4.18. The molecule has 3 rings (SSSR count). The van der Waals surface area contributed by atoms with Crippen LogP contribution in [-0.4, -0.2) is 0 Å². The normalized spacial score (nSPS) is 14.2. The second-order valence-corrected chi connectivity index (χ2v) is 6.13. The Bertz CT molecular complexity index is 839. The second kappa shape index (κ2) is 7.71. The Morgan fingerprint density at radius 1 is 0.833 bits per heavy atom. The molecule has 0 heterocycles. The van der Waals surface area contributed by atoms with Gasteiger partial charge in [0.15, 0.2) is 0 Å². The SMILES string of the molecule is Nc1ccccc1C#Cc1cc(F)ccc1C#CC1CCCCC1. The molecule has 2 N–H and O–H groups in total. The number of nitrogens with two attached hydrogens (primary N) is 1. The van der Waals surface area contributed by atoms with E-state index in [0.717, 1.165) is 24.0 Å². The van der Waals surface area contributed by atoms with Gasteiger partial charge in [-0.25, -0.2) is 4.39 Å². The van der Waals surface area contributed by atoms with Gasteiger partial charge in [-0.15, -0.1) is 0 Å². The van der Waals surface area contributed by atoms with Gasteiger partial charge in [0.2, 0.25) is 0 Å². The highest BCUT2D eigenvalue weighted by molar-refractivity contribution is 5.59. The molecule has 1 saturated carbocycles. The molecule has 2 aromatic rings. The fourth-order valence-corrected chi connectivity index (χ4v) is 2.90. The summed E-state index contributed by atoms with van der Waals surface area (Å²) in [5.41, 5.74) is 8.66. The van der Waals surface area contributed by atoms with E-state index in [1.807, 2.05) is 18.2 Å². The van der Waals surface area contributed by atoms with Crippen LogP contribution >= 0.6 is 0 Å². The van der Waals surface area contributed by atoms with Crippen LogP contribution < -0.4 is 5.73 Å². The summed E-state index contributed by atoms with van der Waals surface area (Å²) in [5, 5.41) is 0. The van der Waals surface area contributed by atoms with Crippen LogP contribution in [0.15, 0.2) is 42.5 Å². The molecule has 0 bridgehead atoms. The number of para-hydroxylation sites is 1. The zero-order valence-corrected chi connectivity index (χ0v) is 13.6. The monoisotopic (exact) mass is 317 g/mol. The predicted molar refractivity (Wildman–Crippen MR) is 96.7 cm³/mol. The van der Waals surface area contributed by atoms with Crippen LogP contribution in [0.25, 0.3) is 0 Å². The van der Waals surface area contributed by atoms with Crippen molar-refractivity contribution in [3.8, 4) is 23.7 Å². The maximum atomic E-state index is 13.6. The first-order chi connectivity index (χ1) is 11.7. The van der Waals surface area contributed by atoms with Crippen molar-refractivity contribution in [3.63, 3.8) is 0 Å². The van der Waals surface area contributed by atoms with E-state index >= 15 is 0 Å². The fraction of sp³-hybridized carbons (Fsp3) is 0.273. The standard InChI is InChI=1S/C22H20FN/c23-21-15-14-18(11-10-17-6-2-1-3-7-17)20(16-21)13-12-19-8-4-5-9-22(19)24/h4-5,8-9,14-17H,1-3,6-7,24H2. The van der Waals surface area contributed by atoms with Crippen LogP contribution in [0.1, 0.15) is 48.8 Å². The molecule has 0 aliphatic heterocycles. The molecule has 0 atom stereocenters. The summed E-state index contributed by atoms with van der Waals surface area (Å²) < 4.78 is 13.6. The van der Waals surface area contributed by atoms with Gasteiger partial charge in [-0.05, 0) is 43.2 Å². The second-order valence-electron chi connectivity index (χ2n) is 6.13. The fourth-order valence-electron chi connectivity index (χ4n) is 2.90.